The average Bonchev–Trinajstić information content (AvgIpc) is 3.32. The minimum atomic E-state index is -4.06. The second-order valence-corrected chi connectivity index (χ2v) is 9.92. The fraction of sp³-hybridized carbons (Fsp3) is 0.240. The summed E-state index contributed by atoms with van der Waals surface area (Å²) in [5.41, 5.74) is 1.60. The van der Waals surface area contributed by atoms with E-state index in [0.29, 0.717) is 23.9 Å². The molecule has 3 aromatic rings. The van der Waals surface area contributed by atoms with Crippen molar-refractivity contribution in [3.05, 3.63) is 82.9 Å². The van der Waals surface area contributed by atoms with Gasteiger partial charge < -0.3 is 19.5 Å². The number of hydrogen-bond donors (Lipinski definition) is 2. The van der Waals surface area contributed by atoms with E-state index >= 15 is 0 Å². The zero-order valence-corrected chi connectivity index (χ0v) is 20.6. The second kappa shape index (κ2) is 11.0. The van der Waals surface area contributed by atoms with Crippen molar-refractivity contribution in [2.75, 3.05) is 13.4 Å². The number of ether oxygens (including phenoxy) is 3. The molecule has 1 aliphatic rings. The molecule has 0 unspecified atom stereocenters. The molecule has 0 aliphatic carbocycles. The fourth-order valence-electron chi connectivity index (χ4n) is 3.58. The molecule has 1 atom stereocenters. The second-order valence-electron chi connectivity index (χ2n) is 7.79. The molecule has 0 fully saturated rings. The van der Waals surface area contributed by atoms with Gasteiger partial charge in [-0.2, -0.15) is 4.72 Å². The first-order valence-corrected chi connectivity index (χ1v) is 12.9. The number of sulfonamides is 1. The monoisotopic (exact) mass is 516 g/mol. The Hall–Kier alpha value is -3.27. The van der Waals surface area contributed by atoms with Gasteiger partial charge in [-0.1, -0.05) is 48.0 Å². The van der Waals surface area contributed by atoms with Crippen LogP contribution in [0.3, 0.4) is 0 Å². The summed E-state index contributed by atoms with van der Waals surface area (Å²) in [5, 5.41) is 2.98. The highest BCUT2D eigenvalue weighted by molar-refractivity contribution is 7.89. The maximum Gasteiger partial charge on any atom is 0.241 e. The third-order valence-corrected chi connectivity index (χ3v) is 7.08. The fourth-order valence-corrected chi connectivity index (χ4v) is 5.10. The maximum atomic E-state index is 13.1. The van der Waals surface area contributed by atoms with E-state index in [2.05, 4.69) is 10.0 Å². The van der Waals surface area contributed by atoms with Crippen LogP contribution in [0, 0.1) is 0 Å². The van der Waals surface area contributed by atoms with Crippen molar-refractivity contribution in [2.45, 2.75) is 30.8 Å². The van der Waals surface area contributed by atoms with Gasteiger partial charge in [0, 0.05) is 6.54 Å². The molecule has 1 heterocycles. The van der Waals surface area contributed by atoms with Crippen LogP contribution in [0.5, 0.6) is 17.2 Å². The molecule has 184 valence electrons. The van der Waals surface area contributed by atoms with E-state index in [1.165, 1.54) is 18.2 Å². The van der Waals surface area contributed by atoms with Gasteiger partial charge in [0.2, 0.25) is 22.7 Å². The van der Waals surface area contributed by atoms with Crippen molar-refractivity contribution in [2.24, 2.45) is 0 Å². The lowest BCUT2D eigenvalue weighted by Gasteiger charge is -2.19. The first-order valence-electron chi connectivity index (χ1n) is 11.0. The normalized spacial score (nSPS) is 13.3. The molecule has 35 heavy (non-hydrogen) atoms. The molecule has 0 aromatic heterocycles. The van der Waals surface area contributed by atoms with Crippen LogP contribution in [0.1, 0.15) is 18.1 Å². The molecule has 0 saturated heterocycles. The van der Waals surface area contributed by atoms with Crippen LogP contribution < -0.4 is 24.2 Å². The third kappa shape index (κ3) is 6.25. The van der Waals surface area contributed by atoms with E-state index in [-0.39, 0.29) is 29.7 Å². The molecular formula is C25H25ClN2O6S. The van der Waals surface area contributed by atoms with Gasteiger partial charge in [-0.05, 0) is 54.8 Å². The summed E-state index contributed by atoms with van der Waals surface area (Å²) >= 11 is 6.19. The average molecular weight is 517 g/mol. The zero-order chi connectivity index (χ0) is 24.8. The number of benzene rings is 3. The van der Waals surface area contributed by atoms with E-state index < -0.39 is 22.0 Å². The molecule has 10 heteroatoms. The van der Waals surface area contributed by atoms with E-state index in [1.54, 1.807) is 19.1 Å². The lowest BCUT2D eigenvalue weighted by atomic mass is 10.1. The smallest absolute Gasteiger partial charge is 0.241 e. The summed E-state index contributed by atoms with van der Waals surface area (Å²) in [6, 6.07) is 17.7. The van der Waals surface area contributed by atoms with E-state index in [9.17, 15) is 13.2 Å². The maximum absolute atomic E-state index is 13.1. The molecule has 0 spiro atoms. The van der Waals surface area contributed by atoms with Crippen LogP contribution in [0.4, 0.5) is 0 Å². The Morgan fingerprint density at radius 1 is 1.03 bits per heavy atom. The number of carbonyl (C=O) groups excluding carboxylic acids is 1. The Labute approximate surface area is 209 Å². The van der Waals surface area contributed by atoms with Crippen LogP contribution >= 0.6 is 11.6 Å². The number of carbonyl (C=O) groups is 1. The van der Waals surface area contributed by atoms with Crippen molar-refractivity contribution < 1.29 is 27.4 Å². The Morgan fingerprint density at radius 2 is 1.80 bits per heavy atom. The topological polar surface area (TPSA) is 103 Å². The predicted molar refractivity (Wildman–Crippen MR) is 131 cm³/mol. The van der Waals surface area contributed by atoms with Gasteiger partial charge in [0.1, 0.15) is 11.8 Å². The van der Waals surface area contributed by atoms with E-state index in [0.717, 1.165) is 11.1 Å². The molecule has 3 aromatic carbocycles. The largest absolute Gasteiger partial charge is 0.492 e. The standard InChI is InChI=1S/C25H25ClN2O6S/c1-2-32-22-11-9-19(14-20(22)26)35(30,31)28-21(12-17-6-4-3-5-7-17)25(29)27-15-18-8-10-23-24(13-18)34-16-33-23/h3-11,13-14,21,28H,2,12,15-16H2,1H3,(H,27,29)/t21-/m1/s1. The minimum absolute atomic E-state index is 0.0624. The van der Waals surface area contributed by atoms with Gasteiger partial charge >= 0.3 is 0 Å². The van der Waals surface area contributed by atoms with Crippen LogP contribution in [-0.2, 0) is 27.8 Å². The Morgan fingerprint density at radius 3 is 2.54 bits per heavy atom. The van der Waals surface area contributed by atoms with Gasteiger partial charge in [-0.15, -0.1) is 0 Å². The van der Waals surface area contributed by atoms with Crippen LogP contribution in [0.15, 0.2) is 71.6 Å². The molecule has 4 rings (SSSR count). The van der Waals surface area contributed by atoms with Gasteiger partial charge in [-0.3, -0.25) is 4.79 Å². The van der Waals surface area contributed by atoms with E-state index in [4.69, 9.17) is 25.8 Å². The number of rotatable bonds is 10. The molecule has 0 radical (unpaired) electrons. The lowest BCUT2D eigenvalue weighted by Crippen LogP contribution is -2.47. The third-order valence-electron chi connectivity index (χ3n) is 5.31. The first kappa shape index (κ1) is 24.8. The number of hydrogen-bond acceptors (Lipinski definition) is 6. The summed E-state index contributed by atoms with van der Waals surface area (Å²) in [6.45, 7) is 2.55. The number of fused-ring (bicyclic) bond motifs is 1. The Balaban J connectivity index is 1.51. The van der Waals surface area contributed by atoms with Crippen molar-refractivity contribution in [1.82, 2.24) is 10.0 Å². The SMILES string of the molecule is CCOc1ccc(S(=O)(=O)N[C@H](Cc2ccccc2)C(=O)NCc2ccc3c(c2)OCO3)cc1Cl. The number of nitrogens with one attached hydrogen (secondary N) is 2. The van der Waals surface area contributed by atoms with Crippen LogP contribution in [0.2, 0.25) is 5.02 Å². The molecule has 1 aliphatic heterocycles. The predicted octanol–water partition coefficient (Wildman–Crippen LogP) is 3.67. The highest BCUT2D eigenvalue weighted by Crippen LogP contribution is 2.32. The first-order chi connectivity index (χ1) is 16.9. The summed E-state index contributed by atoms with van der Waals surface area (Å²) in [5.74, 6) is 1.16. The number of halogens is 1. The molecule has 1 amide bonds. The van der Waals surface area contributed by atoms with Crippen molar-refractivity contribution in [3.8, 4) is 17.2 Å². The summed E-state index contributed by atoms with van der Waals surface area (Å²) in [6.07, 6.45) is 0.164. The minimum Gasteiger partial charge on any atom is -0.492 e. The summed E-state index contributed by atoms with van der Waals surface area (Å²) < 4.78 is 44.9. The summed E-state index contributed by atoms with van der Waals surface area (Å²) in [7, 11) is -4.06. The highest BCUT2D eigenvalue weighted by Gasteiger charge is 2.27. The number of amides is 1. The quantitative estimate of drug-likeness (QED) is 0.426. The van der Waals surface area contributed by atoms with Crippen molar-refractivity contribution in [1.29, 1.82) is 0 Å². The van der Waals surface area contributed by atoms with Crippen LogP contribution in [-0.4, -0.2) is 33.8 Å². The van der Waals surface area contributed by atoms with Gasteiger partial charge in [-0.25, -0.2) is 8.42 Å². The van der Waals surface area contributed by atoms with Gasteiger partial charge in [0.25, 0.3) is 0 Å². The molecule has 2 N–H and O–H groups in total. The van der Waals surface area contributed by atoms with Gasteiger partial charge in [0.15, 0.2) is 11.5 Å². The van der Waals surface area contributed by atoms with E-state index in [1.807, 2.05) is 36.4 Å². The van der Waals surface area contributed by atoms with Gasteiger partial charge in [0.05, 0.1) is 16.5 Å². The zero-order valence-electron chi connectivity index (χ0n) is 19.0. The van der Waals surface area contributed by atoms with Crippen molar-refractivity contribution in [3.63, 3.8) is 0 Å². The molecule has 0 bridgehead atoms. The molecule has 8 nitrogen and oxygen atoms in total. The highest BCUT2D eigenvalue weighted by atomic mass is 35.5. The Bertz CT molecular complexity index is 1300. The Kier molecular flexibility index (Phi) is 7.80. The summed E-state index contributed by atoms with van der Waals surface area (Å²) in [4.78, 5) is 13.1. The van der Waals surface area contributed by atoms with Crippen molar-refractivity contribution >= 4 is 27.5 Å². The molecular weight excluding hydrogens is 492 g/mol. The van der Waals surface area contributed by atoms with Crippen LogP contribution in [0.25, 0.3) is 0 Å². The lowest BCUT2D eigenvalue weighted by molar-refractivity contribution is -0.122. The molecule has 0 saturated carbocycles.